The summed E-state index contributed by atoms with van der Waals surface area (Å²) in [4.78, 5) is 15.1. The zero-order valence-electron chi connectivity index (χ0n) is 14.0. The number of thiophene rings is 1. The number of hydrogen-bond acceptors (Lipinski definition) is 3. The Morgan fingerprint density at radius 3 is 2.44 bits per heavy atom. The van der Waals surface area contributed by atoms with Crippen LogP contribution in [0.4, 0.5) is 0 Å². The summed E-state index contributed by atoms with van der Waals surface area (Å²) in [6.45, 7) is 1.36. The number of carbonyl (C=O) groups is 1. The van der Waals surface area contributed by atoms with Crippen molar-refractivity contribution in [3.63, 3.8) is 0 Å². The van der Waals surface area contributed by atoms with E-state index in [1.165, 1.54) is 16.9 Å². The Labute approximate surface area is 161 Å². The number of nitrogens with one attached hydrogen (secondary N) is 1. The van der Waals surface area contributed by atoms with Crippen LogP contribution in [0, 0.1) is 0 Å². The van der Waals surface area contributed by atoms with Crippen molar-refractivity contribution < 1.29 is 4.79 Å². The monoisotopic (exact) mass is 392 g/mol. The molecule has 0 unspecified atom stereocenters. The maximum absolute atomic E-state index is 12.5. The molecule has 1 N–H and O–H groups in total. The number of hydrogen-bond donors (Lipinski definition) is 1. The van der Waals surface area contributed by atoms with Crippen molar-refractivity contribution in [3.8, 4) is 0 Å². The molecular weight excluding hydrogens is 375 g/mol. The zero-order chi connectivity index (χ0) is 18.0. The second-order valence-corrected chi connectivity index (χ2v) is 7.99. The lowest BCUT2D eigenvalue weighted by molar-refractivity contribution is 0.0955. The Morgan fingerprint density at radius 1 is 1.08 bits per heavy atom. The molecule has 130 valence electrons. The molecule has 0 radical (unpaired) electrons. The van der Waals surface area contributed by atoms with E-state index in [2.05, 4.69) is 22.3 Å². The van der Waals surface area contributed by atoms with Crippen LogP contribution in [0.25, 0.3) is 10.1 Å². The third kappa shape index (κ3) is 4.33. The Balaban J connectivity index is 1.69. The summed E-state index contributed by atoms with van der Waals surface area (Å²) in [6, 6.07) is 13.7. The van der Waals surface area contributed by atoms with E-state index in [4.69, 9.17) is 23.2 Å². The van der Waals surface area contributed by atoms with E-state index in [-0.39, 0.29) is 5.91 Å². The van der Waals surface area contributed by atoms with Gasteiger partial charge >= 0.3 is 0 Å². The number of amides is 1. The molecule has 0 atom stereocenters. The molecule has 3 rings (SSSR count). The molecule has 6 heteroatoms. The van der Waals surface area contributed by atoms with Gasteiger partial charge in [-0.15, -0.1) is 11.3 Å². The molecule has 1 aromatic heterocycles. The van der Waals surface area contributed by atoms with E-state index in [9.17, 15) is 4.79 Å². The molecule has 0 aliphatic heterocycles. The quantitative estimate of drug-likeness (QED) is 0.646. The van der Waals surface area contributed by atoms with E-state index in [0.717, 1.165) is 22.2 Å². The molecule has 3 nitrogen and oxygen atoms in total. The number of rotatable bonds is 5. The summed E-state index contributed by atoms with van der Waals surface area (Å²) in [5.74, 6) is -0.167. The van der Waals surface area contributed by atoms with Crippen LogP contribution in [0.1, 0.15) is 20.8 Å². The fourth-order valence-corrected chi connectivity index (χ4v) is 4.28. The summed E-state index contributed by atoms with van der Waals surface area (Å²) < 4.78 is 0.913. The predicted octanol–water partition coefficient (Wildman–Crippen LogP) is 5.20. The molecule has 0 bridgehead atoms. The molecular formula is C19H18Cl2N2OS. The van der Waals surface area contributed by atoms with E-state index in [1.807, 2.05) is 38.4 Å². The lowest BCUT2D eigenvalue weighted by Crippen LogP contribution is -2.22. The Hall–Kier alpha value is -1.59. The minimum Gasteiger partial charge on any atom is -0.347 e. The van der Waals surface area contributed by atoms with Gasteiger partial charge in [0.2, 0.25) is 0 Å². The fourth-order valence-electron chi connectivity index (χ4n) is 2.58. The van der Waals surface area contributed by atoms with Crippen molar-refractivity contribution in [2.75, 3.05) is 14.1 Å². The topological polar surface area (TPSA) is 32.3 Å². The molecule has 1 heterocycles. The van der Waals surface area contributed by atoms with Crippen LogP contribution in [-0.4, -0.2) is 24.9 Å². The van der Waals surface area contributed by atoms with Gasteiger partial charge in [-0.25, -0.2) is 0 Å². The van der Waals surface area contributed by atoms with E-state index in [0.29, 0.717) is 21.5 Å². The highest BCUT2D eigenvalue weighted by atomic mass is 35.5. The highest BCUT2D eigenvalue weighted by Gasteiger charge is 2.17. The fraction of sp³-hybridized carbons (Fsp3) is 0.211. The van der Waals surface area contributed by atoms with Crippen LogP contribution < -0.4 is 5.32 Å². The van der Waals surface area contributed by atoms with E-state index < -0.39 is 0 Å². The molecule has 1 amide bonds. The highest BCUT2D eigenvalue weighted by molar-refractivity contribution is 7.21. The van der Waals surface area contributed by atoms with Crippen LogP contribution in [-0.2, 0) is 13.1 Å². The lowest BCUT2D eigenvalue weighted by atomic mass is 10.1. The van der Waals surface area contributed by atoms with Gasteiger partial charge in [0.25, 0.3) is 5.91 Å². The van der Waals surface area contributed by atoms with E-state index in [1.54, 1.807) is 6.07 Å². The van der Waals surface area contributed by atoms with E-state index >= 15 is 0 Å². The van der Waals surface area contributed by atoms with Gasteiger partial charge in [-0.2, -0.15) is 0 Å². The van der Waals surface area contributed by atoms with Crippen LogP contribution >= 0.6 is 34.5 Å². The SMILES string of the molecule is CN(C)Cc1ccc(CNC(=O)c2sc3cc(Cl)ccc3c2Cl)cc1. The maximum atomic E-state index is 12.5. The highest BCUT2D eigenvalue weighted by Crippen LogP contribution is 2.36. The summed E-state index contributed by atoms with van der Waals surface area (Å²) in [7, 11) is 4.08. The standard InChI is InChI=1S/C19H18Cl2N2OS/c1-23(2)11-13-5-3-12(4-6-13)10-22-19(24)18-17(21)15-8-7-14(20)9-16(15)25-18/h3-9H,10-11H2,1-2H3,(H,22,24). The molecule has 0 aliphatic carbocycles. The number of halogens is 2. The minimum atomic E-state index is -0.167. The van der Waals surface area contributed by atoms with Crippen molar-refractivity contribution in [2.45, 2.75) is 13.1 Å². The Bertz CT molecular complexity index is 904. The van der Waals surface area contributed by atoms with Crippen molar-refractivity contribution >= 4 is 50.5 Å². The first-order valence-electron chi connectivity index (χ1n) is 7.82. The molecule has 25 heavy (non-hydrogen) atoms. The summed E-state index contributed by atoms with van der Waals surface area (Å²) in [5.41, 5.74) is 2.29. The van der Waals surface area contributed by atoms with Crippen LogP contribution in [0.2, 0.25) is 10.0 Å². The first kappa shape index (κ1) is 18.2. The second kappa shape index (κ2) is 7.75. The first-order chi connectivity index (χ1) is 11.9. The molecule has 2 aromatic carbocycles. The van der Waals surface area contributed by atoms with Gasteiger partial charge in [0.1, 0.15) is 4.88 Å². The van der Waals surface area contributed by atoms with Gasteiger partial charge in [0.15, 0.2) is 0 Å². The zero-order valence-corrected chi connectivity index (χ0v) is 16.3. The van der Waals surface area contributed by atoms with Crippen molar-refractivity contribution in [1.82, 2.24) is 10.2 Å². The number of nitrogens with zero attached hydrogens (tertiary/aromatic N) is 1. The molecule has 0 spiro atoms. The Morgan fingerprint density at radius 2 is 1.76 bits per heavy atom. The summed E-state index contributed by atoms with van der Waals surface area (Å²) in [6.07, 6.45) is 0. The van der Waals surface area contributed by atoms with Gasteiger partial charge in [-0.1, -0.05) is 53.5 Å². The lowest BCUT2D eigenvalue weighted by Gasteiger charge is -2.10. The van der Waals surface area contributed by atoms with Crippen LogP contribution in [0.5, 0.6) is 0 Å². The largest absolute Gasteiger partial charge is 0.347 e. The molecule has 0 saturated carbocycles. The summed E-state index contributed by atoms with van der Waals surface area (Å²) in [5, 5.41) is 4.91. The number of fused-ring (bicyclic) bond motifs is 1. The minimum absolute atomic E-state index is 0.167. The average Bonchev–Trinajstić information content (AvgIpc) is 2.89. The Kier molecular flexibility index (Phi) is 5.64. The van der Waals surface area contributed by atoms with Gasteiger partial charge in [0, 0.05) is 28.2 Å². The summed E-state index contributed by atoms with van der Waals surface area (Å²) >= 11 is 13.7. The molecule has 0 aliphatic rings. The van der Waals surface area contributed by atoms with Gasteiger partial charge in [-0.3, -0.25) is 4.79 Å². The van der Waals surface area contributed by atoms with Crippen molar-refractivity contribution in [2.24, 2.45) is 0 Å². The van der Waals surface area contributed by atoms with Gasteiger partial charge in [-0.05, 0) is 37.4 Å². The average molecular weight is 393 g/mol. The number of benzene rings is 2. The molecule has 0 saturated heterocycles. The predicted molar refractivity (Wildman–Crippen MR) is 107 cm³/mol. The normalized spacial score (nSPS) is 11.2. The van der Waals surface area contributed by atoms with Crippen molar-refractivity contribution in [3.05, 3.63) is 68.5 Å². The van der Waals surface area contributed by atoms with Crippen LogP contribution in [0.15, 0.2) is 42.5 Å². The molecule has 3 aromatic rings. The maximum Gasteiger partial charge on any atom is 0.263 e. The third-order valence-electron chi connectivity index (χ3n) is 3.77. The number of carbonyl (C=O) groups excluding carboxylic acids is 1. The van der Waals surface area contributed by atoms with Crippen molar-refractivity contribution in [1.29, 1.82) is 0 Å². The van der Waals surface area contributed by atoms with Gasteiger partial charge < -0.3 is 10.2 Å². The smallest absolute Gasteiger partial charge is 0.263 e. The molecule has 0 fully saturated rings. The third-order valence-corrected chi connectivity index (χ3v) is 5.66. The first-order valence-corrected chi connectivity index (χ1v) is 9.39. The van der Waals surface area contributed by atoms with Crippen LogP contribution in [0.3, 0.4) is 0 Å². The van der Waals surface area contributed by atoms with Gasteiger partial charge in [0.05, 0.1) is 5.02 Å². The second-order valence-electron chi connectivity index (χ2n) is 6.12.